The van der Waals surface area contributed by atoms with Crippen molar-refractivity contribution < 1.29 is 19.0 Å². The zero-order chi connectivity index (χ0) is 23.6. The van der Waals surface area contributed by atoms with Crippen LogP contribution in [-0.2, 0) is 6.54 Å². The molecule has 1 unspecified atom stereocenters. The Balaban J connectivity index is 3.00. The van der Waals surface area contributed by atoms with Crippen LogP contribution in [0.5, 0.6) is 5.75 Å². The average molecular weight is 435 g/mol. The Labute approximate surface area is 183 Å². The summed E-state index contributed by atoms with van der Waals surface area (Å²) in [6, 6.07) is 3.28. The molecule has 31 heavy (non-hydrogen) atoms. The molecule has 1 amide bonds. The molecule has 2 rings (SSSR count). The van der Waals surface area contributed by atoms with Crippen LogP contribution in [0.2, 0.25) is 0 Å². The number of ether oxygens (including phenoxy) is 1. The van der Waals surface area contributed by atoms with E-state index in [2.05, 4.69) is 5.32 Å². The molecule has 0 fully saturated rings. The molecule has 7 heteroatoms. The number of nitrogens with one attached hydrogen (secondary N) is 1. The average Bonchev–Trinajstić information content (AvgIpc) is 2.61. The fourth-order valence-corrected chi connectivity index (χ4v) is 3.61. The first-order chi connectivity index (χ1) is 14.3. The quantitative estimate of drug-likeness (QED) is 0.546. The van der Waals surface area contributed by atoms with Crippen molar-refractivity contribution in [3.8, 4) is 5.75 Å². The molecule has 2 aromatic rings. The lowest BCUT2D eigenvalue weighted by Crippen LogP contribution is -2.41. The number of rotatable bonds is 7. The summed E-state index contributed by atoms with van der Waals surface area (Å²) in [5.74, 6) is -0.120. The molecule has 0 spiro atoms. The molecular formula is C24H35FN2O4. The Morgan fingerprint density at radius 1 is 1.19 bits per heavy atom. The van der Waals surface area contributed by atoms with Gasteiger partial charge in [-0.05, 0) is 35.4 Å². The number of amides is 1. The van der Waals surface area contributed by atoms with Crippen molar-refractivity contribution >= 4 is 16.9 Å². The first-order valence-corrected chi connectivity index (χ1v) is 10.7. The predicted molar refractivity (Wildman–Crippen MR) is 121 cm³/mol. The third-order valence-corrected chi connectivity index (χ3v) is 5.01. The maximum atomic E-state index is 14.2. The molecule has 1 aromatic carbocycles. The minimum absolute atomic E-state index is 0.265. The van der Waals surface area contributed by atoms with Crippen LogP contribution < -0.4 is 15.6 Å². The SMILES string of the molecule is CCCCOc1c(C(NC(=O)O)C(C)(C)C)n(CC(C)(C)C)c(=O)c2ccc(F)cc12. The zero-order valence-electron chi connectivity index (χ0n) is 19.6. The van der Waals surface area contributed by atoms with Crippen LogP contribution in [-0.4, -0.2) is 22.4 Å². The molecule has 0 bridgehead atoms. The highest BCUT2D eigenvalue weighted by Gasteiger charge is 2.35. The highest BCUT2D eigenvalue weighted by molar-refractivity contribution is 5.89. The molecule has 0 aliphatic heterocycles. The summed E-state index contributed by atoms with van der Waals surface area (Å²) >= 11 is 0. The summed E-state index contributed by atoms with van der Waals surface area (Å²) in [6.45, 7) is 14.5. The Morgan fingerprint density at radius 3 is 2.35 bits per heavy atom. The summed E-state index contributed by atoms with van der Waals surface area (Å²) in [5, 5.41) is 12.9. The lowest BCUT2D eigenvalue weighted by atomic mass is 9.83. The van der Waals surface area contributed by atoms with E-state index in [0.717, 1.165) is 12.8 Å². The molecule has 0 saturated heterocycles. The van der Waals surface area contributed by atoms with Gasteiger partial charge < -0.3 is 19.7 Å². The smallest absolute Gasteiger partial charge is 0.405 e. The topological polar surface area (TPSA) is 80.6 Å². The van der Waals surface area contributed by atoms with Crippen molar-refractivity contribution in [1.82, 2.24) is 9.88 Å². The van der Waals surface area contributed by atoms with E-state index in [-0.39, 0.29) is 11.0 Å². The third-order valence-electron chi connectivity index (χ3n) is 5.01. The summed E-state index contributed by atoms with van der Waals surface area (Å²) in [7, 11) is 0. The number of unbranched alkanes of at least 4 members (excludes halogenated alkanes) is 1. The number of halogens is 1. The van der Waals surface area contributed by atoms with E-state index in [0.29, 0.717) is 35.4 Å². The van der Waals surface area contributed by atoms with Gasteiger partial charge in [-0.15, -0.1) is 0 Å². The van der Waals surface area contributed by atoms with Crippen LogP contribution in [0.4, 0.5) is 9.18 Å². The van der Waals surface area contributed by atoms with Crippen LogP contribution in [0.1, 0.15) is 73.0 Å². The summed E-state index contributed by atoms with van der Waals surface area (Å²) < 4.78 is 22.0. The van der Waals surface area contributed by atoms with Gasteiger partial charge in [-0.3, -0.25) is 4.79 Å². The Bertz CT molecular complexity index is 1000. The molecule has 172 valence electrons. The standard InChI is InChI=1S/C24H35FN2O4/c1-8-9-12-31-19-17-13-15(25)10-11-16(17)21(28)27(14-23(2,3)4)18(19)20(24(5,6)7)26-22(29)30/h10-11,13,20,26H,8-9,12,14H2,1-7H3,(H,29,30). The van der Waals surface area contributed by atoms with Crippen LogP contribution >= 0.6 is 0 Å². The highest BCUT2D eigenvalue weighted by atomic mass is 19.1. The summed E-state index contributed by atoms with van der Waals surface area (Å²) in [4.78, 5) is 25.2. The van der Waals surface area contributed by atoms with Gasteiger partial charge in [-0.1, -0.05) is 54.9 Å². The number of hydrogen-bond acceptors (Lipinski definition) is 3. The molecular weight excluding hydrogens is 399 g/mol. The molecule has 6 nitrogen and oxygen atoms in total. The van der Waals surface area contributed by atoms with Gasteiger partial charge in [-0.25, -0.2) is 9.18 Å². The van der Waals surface area contributed by atoms with Crippen LogP contribution in [0.25, 0.3) is 10.8 Å². The van der Waals surface area contributed by atoms with E-state index in [1.807, 2.05) is 48.5 Å². The molecule has 1 aromatic heterocycles. The number of carbonyl (C=O) groups is 1. The fraction of sp³-hybridized carbons (Fsp3) is 0.583. The van der Waals surface area contributed by atoms with Gasteiger partial charge in [0.05, 0.1) is 23.7 Å². The van der Waals surface area contributed by atoms with E-state index in [9.17, 15) is 19.1 Å². The predicted octanol–water partition coefficient (Wildman–Crippen LogP) is 5.72. The van der Waals surface area contributed by atoms with Gasteiger partial charge in [0, 0.05) is 11.9 Å². The largest absolute Gasteiger partial charge is 0.491 e. The number of fused-ring (bicyclic) bond motifs is 1. The first-order valence-electron chi connectivity index (χ1n) is 10.7. The van der Waals surface area contributed by atoms with Gasteiger partial charge in [0.1, 0.15) is 11.6 Å². The van der Waals surface area contributed by atoms with Crippen molar-refractivity contribution in [2.24, 2.45) is 10.8 Å². The molecule has 2 N–H and O–H groups in total. The van der Waals surface area contributed by atoms with Crippen LogP contribution in [0.3, 0.4) is 0 Å². The minimum atomic E-state index is -1.20. The first kappa shape index (κ1) is 24.7. The number of hydrogen-bond donors (Lipinski definition) is 2. The van der Waals surface area contributed by atoms with Gasteiger partial charge in [-0.2, -0.15) is 0 Å². The van der Waals surface area contributed by atoms with Crippen molar-refractivity contribution in [1.29, 1.82) is 0 Å². The maximum absolute atomic E-state index is 14.2. The van der Waals surface area contributed by atoms with Crippen molar-refractivity contribution in [3.63, 3.8) is 0 Å². The van der Waals surface area contributed by atoms with Gasteiger partial charge in [0.2, 0.25) is 0 Å². The summed E-state index contributed by atoms with van der Waals surface area (Å²) in [5.41, 5.74) is -0.694. The van der Waals surface area contributed by atoms with Crippen molar-refractivity contribution in [2.75, 3.05) is 6.61 Å². The number of aromatic nitrogens is 1. The fourth-order valence-electron chi connectivity index (χ4n) is 3.61. The molecule has 0 saturated carbocycles. The van der Waals surface area contributed by atoms with E-state index < -0.39 is 23.4 Å². The number of pyridine rings is 1. The molecule has 1 heterocycles. The molecule has 0 radical (unpaired) electrons. The highest BCUT2D eigenvalue weighted by Crippen LogP contribution is 2.41. The summed E-state index contributed by atoms with van der Waals surface area (Å²) in [6.07, 6.45) is 0.481. The lowest BCUT2D eigenvalue weighted by molar-refractivity contribution is 0.169. The van der Waals surface area contributed by atoms with Gasteiger partial charge >= 0.3 is 6.09 Å². The van der Waals surface area contributed by atoms with Gasteiger partial charge in [0.15, 0.2) is 0 Å². The van der Waals surface area contributed by atoms with Crippen molar-refractivity contribution in [2.45, 2.75) is 73.9 Å². The van der Waals surface area contributed by atoms with Gasteiger partial charge in [0.25, 0.3) is 5.56 Å². The molecule has 0 aliphatic rings. The second-order valence-corrected chi connectivity index (χ2v) is 10.3. The number of carboxylic acid groups (broad SMARTS) is 1. The van der Waals surface area contributed by atoms with Crippen LogP contribution in [0.15, 0.2) is 23.0 Å². The van der Waals surface area contributed by atoms with Crippen LogP contribution in [0, 0.1) is 16.6 Å². The van der Waals surface area contributed by atoms with E-state index in [4.69, 9.17) is 4.74 Å². The maximum Gasteiger partial charge on any atom is 0.405 e. The number of nitrogens with zero attached hydrogens (tertiary/aromatic N) is 1. The zero-order valence-corrected chi connectivity index (χ0v) is 19.6. The van der Waals surface area contributed by atoms with E-state index in [1.165, 1.54) is 18.2 Å². The Kier molecular flexibility index (Phi) is 7.40. The molecule has 0 aliphatic carbocycles. The third kappa shape index (κ3) is 5.99. The number of benzene rings is 1. The Morgan fingerprint density at radius 2 is 1.84 bits per heavy atom. The lowest BCUT2D eigenvalue weighted by Gasteiger charge is -2.35. The monoisotopic (exact) mass is 434 g/mol. The Hall–Kier alpha value is -2.57. The van der Waals surface area contributed by atoms with E-state index in [1.54, 1.807) is 4.57 Å². The second-order valence-electron chi connectivity index (χ2n) is 10.3. The van der Waals surface area contributed by atoms with Crippen molar-refractivity contribution in [3.05, 3.63) is 40.1 Å². The molecule has 1 atom stereocenters. The van der Waals surface area contributed by atoms with E-state index >= 15 is 0 Å². The second kappa shape index (κ2) is 9.28. The normalized spacial score (nSPS) is 13.3. The minimum Gasteiger partial charge on any atom is -0.491 e.